The summed E-state index contributed by atoms with van der Waals surface area (Å²) in [6.45, 7) is 2.38. The molecule has 0 radical (unpaired) electrons. The molecule has 1 amide bonds. The van der Waals surface area contributed by atoms with E-state index in [-0.39, 0.29) is 5.71 Å². The van der Waals surface area contributed by atoms with Crippen molar-refractivity contribution in [1.82, 2.24) is 0 Å². The van der Waals surface area contributed by atoms with E-state index in [0.717, 1.165) is 6.42 Å². The number of carbonyl (C=O) groups is 1. The molecule has 1 aromatic rings. The second kappa shape index (κ2) is 5.06. The van der Waals surface area contributed by atoms with Crippen molar-refractivity contribution in [2.45, 2.75) is 13.3 Å². The van der Waals surface area contributed by atoms with Crippen molar-refractivity contribution < 1.29 is 14.0 Å². The lowest BCUT2D eigenvalue weighted by Crippen LogP contribution is -2.24. The summed E-state index contributed by atoms with van der Waals surface area (Å²) < 4.78 is 4.98. The van der Waals surface area contributed by atoms with Gasteiger partial charge in [0.1, 0.15) is 6.61 Å². The molecular weight excluding hydrogens is 184 g/mol. The second-order valence-corrected chi connectivity index (χ2v) is 2.61. The summed E-state index contributed by atoms with van der Waals surface area (Å²) in [5.41, 5.74) is 5.10. The Morgan fingerprint density at radius 2 is 2.50 bits per heavy atom. The molecule has 0 aromatic carbocycles. The third-order valence-electron chi connectivity index (χ3n) is 1.44. The zero-order valence-electron chi connectivity index (χ0n) is 7.90. The van der Waals surface area contributed by atoms with Gasteiger partial charge in [0.25, 0.3) is 5.91 Å². The molecule has 0 aliphatic heterocycles. The average Bonchev–Trinajstić information content (AvgIpc) is 2.64. The number of furan rings is 1. The first-order valence-corrected chi connectivity index (χ1v) is 4.29. The molecule has 0 saturated carbocycles. The van der Waals surface area contributed by atoms with E-state index in [1.165, 1.54) is 6.26 Å². The molecule has 2 N–H and O–H groups in total. The van der Waals surface area contributed by atoms with Gasteiger partial charge < -0.3 is 15.0 Å². The second-order valence-electron chi connectivity index (χ2n) is 2.61. The van der Waals surface area contributed by atoms with Crippen LogP contribution in [0.3, 0.4) is 0 Å². The van der Waals surface area contributed by atoms with Gasteiger partial charge in [-0.2, -0.15) is 0 Å². The zero-order valence-corrected chi connectivity index (χ0v) is 7.90. The summed E-state index contributed by atoms with van der Waals surface area (Å²) in [6, 6.07) is 3.24. The SMILES string of the molecule is CCCO/N=C(/C(N)=O)c1ccco1. The highest BCUT2D eigenvalue weighted by atomic mass is 16.6. The van der Waals surface area contributed by atoms with Gasteiger partial charge in [0.05, 0.1) is 6.26 Å². The smallest absolute Gasteiger partial charge is 0.274 e. The topological polar surface area (TPSA) is 77.8 Å². The third-order valence-corrected chi connectivity index (χ3v) is 1.44. The number of hydrogen-bond acceptors (Lipinski definition) is 4. The Balaban J connectivity index is 2.75. The molecule has 1 rings (SSSR count). The maximum absolute atomic E-state index is 10.9. The summed E-state index contributed by atoms with van der Waals surface area (Å²) >= 11 is 0. The van der Waals surface area contributed by atoms with Gasteiger partial charge in [-0.05, 0) is 18.6 Å². The molecule has 0 atom stereocenters. The molecule has 0 saturated heterocycles. The van der Waals surface area contributed by atoms with Crippen LogP contribution < -0.4 is 5.73 Å². The lowest BCUT2D eigenvalue weighted by atomic mass is 10.3. The van der Waals surface area contributed by atoms with Crippen molar-refractivity contribution in [1.29, 1.82) is 0 Å². The Morgan fingerprint density at radius 3 is 3.00 bits per heavy atom. The molecule has 0 aliphatic rings. The van der Waals surface area contributed by atoms with Gasteiger partial charge in [-0.25, -0.2) is 0 Å². The summed E-state index contributed by atoms with van der Waals surface area (Å²) in [5.74, 6) is -0.357. The predicted molar refractivity (Wildman–Crippen MR) is 50.7 cm³/mol. The Bertz CT molecular complexity index is 317. The fraction of sp³-hybridized carbons (Fsp3) is 0.333. The third kappa shape index (κ3) is 2.62. The quantitative estimate of drug-likeness (QED) is 0.431. The first-order chi connectivity index (χ1) is 6.75. The van der Waals surface area contributed by atoms with E-state index in [1.54, 1.807) is 12.1 Å². The van der Waals surface area contributed by atoms with E-state index in [2.05, 4.69) is 5.16 Å². The van der Waals surface area contributed by atoms with Gasteiger partial charge >= 0.3 is 0 Å². The van der Waals surface area contributed by atoms with Crippen LogP contribution in [-0.2, 0) is 9.63 Å². The van der Waals surface area contributed by atoms with Crippen LogP contribution in [-0.4, -0.2) is 18.2 Å². The van der Waals surface area contributed by atoms with Crippen LogP contribution in [0.2, 0.25) is 0 Å². The molecule has 0 aliphatic carbocycles. The van der Waals surface area contributed by atoms with Gasteiger partial charge in [0.2, 0.25) is 5.71 Å². The molecular formula is C9H12N2O3. The molecule has 0 fully saturated rings. The zero-order chi connectivity index (χ0) is 10.4. The van der Waals surface area contributed by atoms with Gasteiger partial charge in [0, 0.05) is 0 Å². The van der Waals surface area contributed by atoms with E-state index < -0.39 is 5.91 Å². The molecule has 1 aromatic heterocycles. The number of oxime groups is 1. The van der Waals surface area contributed by atoms with Crippen LogP contribution in [0.4, 0.5) is 0 Å². The normalized spacial score (nSPS) is 11.4. The summed E-state index contributed by atoms with van der Waals surface area (Å²) in [5, 5.41) is 3.60. The minimum atomic E-state index is -0.670. The summed E-state index contributed by atoms with van der Waals surface area (Å²) in [7, 11) is 0. The van der Waals surface area contributed by atoms with Crippen molar-refractivity contribution in [3.63, 3.8) is 0 Å². The van der Waals surface area contributed by atoms with Crippen molar-refractivity contribution in [2.75, 3.05) is 6.61 Å². The van der Waals surface area contributed by atoms with Crippen LogP contribution in [0.1, 0.15) is 19.1 Å². The minimum Gasteiger partial charge on any atom is -0.462 e. The van der Waals surface area contributed by atoms with Gasteiger partial charge in [-0.3, -0.25) is 4.79 Å². The number of rotatable bonds is 5. The maximum Gasteiger partial charge on any atom is 0.274 e. The van der Waals surface area contributed by atoms with Crippen molar-refractivity contribution >= 4 is 11.6 Å². The van der Waals surface area contributed by atoms with Crippen molar-refractivity contribution in [3.05, 3.63) is 24.2 Å². The van der Waals surface area contributed by atoms with Gasteiger partial charge in [-0.15, -0.1) is 0 Å². The predicted octanol–water partition coefficient (Wildman–Crippen LogP) is 0.896. The van der Waals surface area contributed by atoms with Gasteiger partial charge in [-0.1, -0.05) is 12.1 Å². The van der Waals surface area contributed by atoms with Crippen LogP contribution >= 0.6 is 0 Å². The molecule has 5 nitrogen and oxygen atoms in total. The fourth-order valence-electron chi connectivity index (χ4n) is 0.826. The van der Waals surface area contributed by atoms with Crippen LogP contribution in [0, 0.1) is 0 Å². The number of carbonyl (C=O) groups excluding carboxylic acids is 1. The van der Waals surface area contributed by atoms with Crippen molar-refractivity contribution in [2.24, 2.45) is 10.9 Å². The Labute approximate surface area is 81.5 Å². The van der Waals surface area contributed by atoms with Crippen LogP contribution in [0.15, 0.2) is 28.0 Å². The number of amides is 1. The fourth-order valence-corrected chi connectivity index (χ4v) is 0.826. The number of nitrogens with zero attached hydrogens (tertiary/aromatic N) is 1. The summed E-state index contributed by atoms with van der Waals surface area (Å²) in [4.78, 5) is 15.8. The number of nitrogens with two attached hydrogens (primary N) is 1. The summed E-state index contributed by atoms with van der Waals surface area (Å²) in [6.07, 6.45) is 2.25. The van der Waals surface area contributed by atoms with Gasteiger partial charge in [0.15, 0.2) is 5.76 Å². The monoisotopic (exact) mass is 196 g/mol. The van der Waals surface area contributed by atoms with Crippen LogP contribution in [0.5, 0.6) is 0 Å². The van der Waals surface area contributed by atoms with E-state index in [1.807, 2.05) is 6.92 Å². The molecule has 0 spiro atoms. The van der Waals surface area contributed by atoms with E-state index in [9.17, 15) is 4.79 Å². The largest absolute Gasteiger partial charge is 0.462 e. The average molecular weight is 196 g/mol. The minimum absolute atomic E-state index is 0.00319. The van der Waals surface area contributed by atoms with E-state index in [0.29, 0.717) is 12.4 Å². The van der Waals surface area contributed by atoms with Crippen LogP contribution in [0.25, 0.3) is 0 Å². The molecule has 0 unspecified atom stereocenters. The molecule has 14 heavy (non-hydrogen) atoms. The molecule has 5 heteroatoms. The molecule has 1 heterocycles. The first kappa shape index (κ1) is 10.3. The molecule has 76 valence electrons. The first-order valence-electron chi connectivity index (χ1n) is 4.29. The highest BCUT2D eigenvalue weighted by Gasteiger charge is 2.13. The van der Waals surface area contributed by atoms with E-state index in [4.69, 9.17) is 15.0 Å². The van der Waals surface area contributed by atoms with Crippen molar-refractivity contribution in [3.8, 4) is 0 Å². The lowest BCUT2D eigenvalue weighted by Gasteiger charge is -1.98. The van der Waals surface area contributed by atoms with E-state index >= 15 is 0 Å². The highest BCUT2D eigenvalue weighted by Crippen LogP contribution is 2.02. The number of hydrogen-bond donors (Lipinski definition) is 1. The standard InChI is InChI=1S/C9H12N2O3/c1-2-5-14-11-8(9(10)12)7-4-3-6-13-7/h3-4,6H,2,5H2,1H3,(H2,10,12)/b11-8+. The Morgan fingerprint density at radius 1 is 1.71 bits per heavy atom. The lowest BCUT2D eigenvalue weighted by molar-refractivity contribution is -0.112. The Kier molecular flexibility index (Phi) is 3.72. The number of primary amides is 1. The molecule has 0 bridgehead atoms. The maximum atomic E-state index is 10.9. The Hall–Kier alpha value is -1.78. The highest BCUT2D eigenvalue weighted by molar-refractivity contribution is 6.43.